The topological polar surface area (TPSA) is 122 Å². The van der Waals surface area contributed by atoms with Gasteiger partial charge >= 0.3 is 12.0 Å². The smallest absolute Gasteiger partial charge is 0.338 e. The molecule has 0 fully saturated rings. The largest absolute Gasteiger partial charge is 0.449 e. The molecule has 0 heterocycles. The number of nitrogens with zero attached hydrogens (tertiary/aromatic N) is 1. The second kappa shape index (κ2) is 12.0. The molecule has 0 saturated heterocycles. The molecule has 1 unspecified atom stereocenters. The van der Waals surface area contributed by atoms with Crippen LogP contribution >= 0.6 is 0 Å². The molecule has 0 aromatic heterocycles. The van der Waals surface area contributed by atoms with Crippen LogP contribution in [-0.4, -0.2) is 39.0 Å². The Morgan fingerprint density at radius 3 is 2.19 bits per heavy atom. The third kappa shape index (κ3) is 6.70. The maximum absolute atomic E-state index is 13.7. The van der Waals surface area contributed by atoms with Gasteiger partial charge in [0.25, 0.3) is 15.9 Å². The average Bonchev–Trinajstić information content (AvgIpc) is 2.88. The minimum absolute atomic E-state index is 0.0542. The molecule has 3 rings (SSSR count). The Hall–Kier alpha value is -4.18. The number of para-hydroxylation sites is 1. The van der Waals surface area contributed by atoms with E-state index in [0.717, 1.165) is 5.56 Å². The lowest BCUT2D eigenvalue weighted by atomic mass is 10.2. The summed E-state index contributed by atoms with van der Waals surface area (Å²) in [6.45, 7) is 3.40. The van der Waals surface area contributed by atoms with Crippen molar-refractivity contribution in [2.45, 2.75) is 31.4 Å². The molecular formula is C26H27N3O6S. The number of hydrogen-bond acceptors (Lipinski definition) is 6. The highest BCUT2D eigenvalue weighted by Gasteiger charge is 2.27. The molecule has 0 bridgehead atoms. The van der Waals surface area contributed by atoms with Gasteiger partial charge in [-0.15, -0.1) is 0 Å². The van der Waals surface area contributed by atoms with Gasteiger partial charge in [-0.05, 0) is 49.7 Å². The minimum atomic E-state index is -4.08. The first-order valence-corrected chi connectivity index (χ1v) is 12.7. The highest BCUT2D eigenvalue weighted by atomic mass is 32.2. The van der Waals surface area contributed by atoms with Crippen LogP contribution in [-0.2, 0) is 26.1 Å². The van der Waals surface area contributed by atoms with Crippen LogP contribution in [0.25, 0.3) is 0 Å². The highest BCUT2D eigenvalue weighted by Crippen LogP contribution is 2.26. The van der Waals surface area contributed by atoms with E-state index in [4.69, 9.17) is 4.74 Å². The number of urea groups is 1. The molecule has 9 nitrogen and oxygen atoms in total. The van der Waals surface area contributed by atoms with E-state index in [1.807, 2.05) is 30.3 Å². The van der Waals surface area contributed by atoms with Crippen LogP contribution in [0.15, 0.2) is 89.8 Å². The van der Waals surface area contributed by atoms with Crippen LogP contribution in [0.4, 0.5) is 10.5 Å². The molecule has 0 aliphatic rings. The number of carbonyl (C=O) groups excluding carboxylic acids is 3. The average molecular weight is 510 g/mol. The van der Waals surface area contributed by atoms with Gasteiger partial charge in [-0.3, -0.25) is 14.4 Å². The summed E-state index contributed by atoms with van der Waals surface area (Å²) < 4.78 is 33.8. The number of carbonyl (C=O) groups is 3. The summed E-state index contributed by atoms with van der Waals surface area (Å²) in [7, 11) is -4.08. The fourth-order valence-corrected chi connectivity index (χ4v) is 4.77. The molecule has 1 atom stereocenters. The van der Waals surface area contributed by atoms with Gasteiger partial charge < -0.3 is 10.1 Å². The highest BCUT2D eigenvalue weighted by molar-refractivity contribution is 7.92. The normalized spacial score (nSPS) is 11.7. The van der Waals surface area contributed by atoms with E-state index >= 15 is 0 Å². The Morgan fingerprint density at radius 2 is 1.56 bits per heavy atom. The lowest BCUT2D eigenvalue weighted by molar-refractivity contribution is -0.127. The van der Waals surface area contributed by atoms with E-state index in [-0.39, 0.29) is 17.0 Å². The molecule has 188 valence electrons. The number of hydrogen-bond donors (Lipinski definition) is 2. The van der Waals surface area contributed by atoms with Crippen molar-refractivity contribution in [1.29, 1.82) is 0 Å². The van der Waals surface area contributed by atoms with Gasteiger partial charge in [0, 0.05) is 6.54 Å². The predicted molar refractivity (Wildman–Crippen MR) is 135 cm³/mol. The van der Waals surface area contributed by atoms with Crippen LogP contribution in [0.2, 0.25) is 0 Å². The number of benzene rings is 3. The Balaban J connectivity index is 1.85. The second-order valence-corrected chi connectivity index (χ2v) is 9.62. The zero-order chi connectivity index (χ0) is 26.1. The molecule has 0 spiro atoms. The van der Waals surface area contributed by atoms with E-state index < -0.39 is 34.0 Å². The maximum atomic E-state index is 13.7. The third-order valence-electron chi connectivity index (χ3n) is 5.10. The second-order valence-electron chi connectivity index (χ2n) is 7.76. The van der Waals surface area contributed by atoms with Gasteiger partial charge in [-0.1, -0.05) is 54.6 Å². The Kier molecular flexibility index (Phi) is 8.80. The summed E-state index contributed by atoms with van der Waals surface area (Å²) in [5.41, 5.74) is 1.19. The van der Waals surface area contributed by atoms with Gasteiger partial charge in [-0.25, -0.2) is 18.0 Å². The quantitative estimate of drug-likeness (QED) is 0.426. The molecule has 3 aromatic carbocycles. The number of amides is 3. The summed E-state index contributed by atoms with van der Waals surface area (Å²) >= 11 is 0. The van der Waals surface area contributed by atoms with Crippen molar-refractivity contribution < 1.29 is 27.5 Å². The lowest BCUT2D eigenvalue weighted by Gasteiger charge is -2.25. The summed E-state index contributed by atoms with van der Waals surface area (Å²) in [6.07, 6.45) is -1.28. The first kappa shape index (κ1) is 26.4. The molecule has 0 saturated carbocycles. The first-order chi connectivity index (χ1) is 17.2. The molecule has 0 radical (unpaired) electrons. The van der Waals surface area contributed by atoms with Crippen LogP contribution in [0, 0.1) is 0 Å². The van der Waals surface area contributed by atoms with Crippen LogP contribution < -0.4 is 14.9 Å². The molecule has 0 aliphatic carbocycles. The van der Waals surface area contributed by atoms with Gasteiger partial charge in [0.15, 0.2) is 6.10 Å². The van der Waals surface area contributed by atoms with E-state index in [1.54, 1.807) is 37.3 Å². The van der Waals surface area contributed by atoms with Crippen molar-refractivity contribution in [1.82, 2.24) is 10.6 Å². The van der Waals surface area contributed by atoms with Gasteiger partial charge in [0.05, 0.1) is 22.7 Å². The van der Waals surface area contributed by atoms with Crippen molar-refractivity contribution in [3.63, 3.8) is 0 Å². The molecule has 3 amide bonds. The molecule has 0 aliphatic heterocycles. The molecule has 36 heavy (non-hydrogen) atoms. The zero-order valence-corrected chi connectivity index (χ0v) is 20.7. The first-order valence-electron chi connectivity index (χ1n) is 11.2. The van der Waals surface area contributed by atoms with E-state index in [2.05, 4.69) is 10.6 Å². The molecular weight excluding hydrogens is 482 g/mol. The third-order valence-corrected chi connectivity index (χ3v) is 6.87. The maximum Gasteiger partial charge on any atom is 0.338 e. The molecule has 3 aromatic rings. The van der Waals surface area contributed by atoms with Crippen molar-refractivity contribution in [3.05, 3.63) is 96.1 Å². The minimum Gasteiger partial charge on any atom is -0.449 e. The van der Waals surface area contributed by atoms with E-state index in [9.17, 15) is 22.8 Å². The molecule has 2 N–H and O–H groups in total. The fraction of sp³-hybridized carbons (Fsp3) is 0.192. The summed E-state index contributed by atoms with van der Waals surface area (Å²) in [4.78, 5) is 36.2. The van der Waals surface area contributed by atoms with Crippen molar-refractivity contribution in [2.75, 3.05) is 10.8 Å². The Labute approximate surface area is 210 Å². The number of anilines is 1. The Bertz CT molecular complexity index is 1310. The molecule has 10 heteroatoms. The van der Waals surface area contributed by atoms with Crippen LogP contribution in [0.5, 0.6) is 0 Å². The van der Waals surface area contributed by atoms with Crippen molar-refractivity contribution in [2.24, 2.45) is 0 Å². The SMILES string of the molecule is CCNC(=O)NC(=O)C(C)OC(=O)c1cccc(S(=O)(=O)N(Cc2ccccc2)c2ccccc2)c1. The Morgan fingerprint density at radius 1 is 0.917 bits per heavy atom. The summed E-state index contributed by atoms with van der Waals surface area (Å²) in [5, 5.41) is 4.46. The number of nitrogens with one attached hydrogen (secondary N) is 2. The van der Waals surface area contributed by atoms with Gasteiger partial charge in [-0.2, -0.15) is 0 Å². The lowest BCUT2D eigenvalue weighted by Crippen LogP contribution is -2.44. The number of ether oxygens (including phenoxy) is 1. The van der Waals surface area contributed by atoms with Gasteiger partial charge in [0.2, 0.25) is 0 Å². The predicted octanol–water partition coefficient (Wildman–Crippen LogP) is 3.47. The standard InChI is InChI=1S/C26H27N3O6S/c1-3-27-26(32)28-24(30)19(2)35-25(31)21-13-10-16-23(17-21)36(33,34)29(22-14-8-5-9-15-22)18-20-11-6-4-7-12-20/h4-17,19H,3,18H2,1-2H3,(H2,27,28,30,32). The van der Waals surface area contributed by atoms with Crippen LogP contribution in [0.1, 0.15) is 29.8 Å². The van der Waals surface area contributed by atoms with E-state index in [1.165, 1.54) is 35.5 Å². The number of esters is 1. The van der Waals surface area contributed by atoms with Crippen molar-refractivity contribution in [3.8, 4) is 0 Å². The van der Waals surface area contributed by atoms with Crippen LogP contribution in [0.3, 0.4) is 0 Å². The fourth-order valence-electron chi connectivity index (χ4n) is 3.27. The summed E-state index contributed by atoms with van der Waals surface area (Å²) in [6, 6.07) is 22.5. The number of sulfonamides is 1. The zero-order valence-electron chi connectivity index (χ0n) is 19.9. The van der Waals surface area contributed by atoms with Gasteiger partial charge in [0.1, 0.15) is 0 Å². The summed E-state index contributed by atoms with van der Waals surface area (Å²) in [5.74, 6) is -1.71. The van der Waals surface area contributed by atoms with E-state index in [0.29, 0.717) is 12.2 Å². The number of rotatable bonds is 9. The van der Waals surface area contributed by atoms with Crippen molar-refractivity contribution >= 4 is 33.6 Å². The number of imide groups is 1. The monoisotopic (exact) mass is 509 g/mol.